The number of nitrogens with zero attached hydrogens (tertiary/aromatic N) is 5. The number of hydrogen-bond acceptors (Lipinski definition) is 7. The third-order valence-corrected chi connectivity index (χ3v) is 5.73. The normalized spacial score (nSPS) is 11.6. The van der Waals surface area contributed by atoms with Crippen LogP contribution in [0.4, 0.5) is 0 Å². The van der Waals surface area contributed by atoms with Gasteiger partial charge in [0.1, 0.15) is 18.1 Å². The topological polar surface area (TPSA) is 106 Å². The summed E-state index contributed by atoms with van der Waals surface area (Å²) in [6, 6.07) is 13.6. The fraction of sp³-hybridized carbons (Fsp3) is 0.250. The molecule has 0 aliphatic rings. The minimum Gasteiger partial charge on any atom is -0.468 e. The maximum Gasteiger partial charge on any atom is 0.252 e. The molecule has 9 heteroatoms. The van der Waals surface area contributed by atoms with Gasteiger partial charge in [0, 0.05) is 17.5 Å². The standard InChI is InChI=1S/C24H24N6O3/c1-16-7-8-17(2)23-21(16)11-18(24(31)25-23)12-29(13-19-5-3-9-32-19)15-22-26-27-28-30(22)14-20-6-4-10-33-20/h3-11H,12-15H2,1-2H3,(H,25,31). The smallest absolute Gasteiger partial charge is 0.252 e. The fourth-order valence-electron chi connectivity index (χ4n) is 3.98. The second kappa shape index (κ2) is 8.87. The molecule has 0 saturated carbocycles. The SMILES string of the molecule is Cc1ccc(C)c2[nH]c(=O)c(CN(Cc3ccco3)Cc3nnnn3Cc3ccco3)cc12. The van der Waals surface area contributed by atoms with E-state index in [4.69, 9.17) is 8.83 Å². The molecule has 5 aromatic rings. The molecule has 5 rings (SSSR count). The number of fused-ring (bicyclic) bond motifs is 1. The largest absolute Gasteiger partial charge is 0.468 e. The molecule has 4 aromatic heterocycles. The molecule has 0 fully saturated rings. The second-order valence-electron chi connectivity index (χ2n) is 8.17. The van der Waals surface area contributed by atoms with Crippen LogP contribution in [0, 0.1) is 13.8 Å². The summed E-state index contributed by atoms with van der Waals surface area (Å²) in [7, 11) is 0. The molecular formula is C24H24N6O3. The van der Waals surface area contributed by atoms with Crippen molar-refractivity contribution < 1.29 is 8.83 Å². The lowest BCUT2D eigenvalue weighted by molar-refractivity contribution is 0.216. The van der Waals surface area contributed by atoms with Crippen molar-refractivity contribution in [2.24, 2.45) is 0 Å². The van der Waals surface area contributed by atoms with Crippen molar-refractivity contribution in [1.29, 1.82) is 0 Å². The first-order valence-corrected chi connectivity index (χ1v) is 10.7. The highest BCUT2D eigenvalue weighted by Gasteiger charge is 2.18. The molecule has 168 valence electrons. The number of aryl methyl sites for hydroxylation is 2. The monoisotopic (exact) mass is 444 g/mol. The Hall–Kier alpha value is -3.98. The minimum absolute atomic E-state index is 0.101. The first kappa shape index (κ1) is 20.9. The highest BCUT2D eigenvalue weighted by Crippen LogP contribution is 2.21. The van der Waals surface area contributed by atoms with Crippen LogP contribution >= 0.6 is 0 Å². The van der Waals surface area contributed by atoms with E-state index in [1.54, 1.807) is 17.2 Å². The number of rotatable bonds is 8. The van der Waals surface area contributed by atoms with Gasteiger partial charge < -0.3 is 13.8 Å². The van der Waals surface area contributed by atoms with Gasteiger partial charge in [-0.3, -0.25) is 9.69 Å². The molecule has 0 spiro atoms. The molecule has 0 saturated heterocycles. The van der Waals surface area contributed by atoms with E-state index in [9.17, 15) is 4.79 Å². The molecule has 0 aliphatic carbocycles. The Kier molecular flexibility index (Phi) is 5.62. The maximum atomic E-state index is 13.0. The number of tetrazole rings is 1. The third kappa shape index (κ3) is 4.49. The molecule has 4 heterocycles. The number of pyridine rings is 1. The summed E-state index contributed by atoms with van der Waals surface area (Å²) >= 11 is 0. The van der Waals surface area contributed by atoms with E-state index in [-0.39, 0.29) is 5.56 Å². The first-order valence-electron chi connectivity index (χ1n) is 10.7. The van der Waals surface area contributed by atoms with Crippen LogP contribution in [-0.2, 0) is 26.2 Å². The first-order chi connectivity index (χ1) is 16.1. The lowest BCUT2D eigenvalue weighted by Gasteiger charge is -2.21. The maximum absolute atomic E-state index is 13.0. The number of benzene rings is 1. The molecule has 0 amide bonds. The Bertz CT molecular complexity index is 1420. The van der Waals surface area contributed by atoms with Gasteiger partial charge in [-0.15, -0.1) is 5.10 Å². The zero-order chi connectivity index (χ0) is 22.8. The van der Waals surface area contributed by atoms with Crippen molar-refractivity contribution in [1.82, 2.24) is 30.1 Å². The van der Waals surface area contributed by atoms with Crippen molar-refractivity contribution >= 4 is 10.9 Å². The van der Waals surface area contributed by atoms with E-state index < -0.39 is 0 Å². The van der Waals surface area contributed by atoms with Crippen LogP contribution in [0.3, 0.4) is 0 Å². The molecule has 0 atom stereocenters. The zero-order valence-corrected chi connectivity index (χ0v) is 18.5. The summed E-state index contributed by atoms with van der Waals surface area (Å²) in [6.07, 6.45) is 3.27. The summed E-state index contributed by atoms with van der Waals surface area (Å²) in [5, 5.41) is 13.2. The van der Waals surface area contributed by atoms with Gasteiger partial charge in [0.05, 0.1) is 31.1 Å². The number of nitrogens with one attached hydrogen (secondary N) is 1. The van der Waals surface area contributed by atoms with Crippen LogP contribution in [0.5, 0.6) is 0 Å². The van der Waals surface area contributed by atoms with Crippen molar-refractivity contribution in [2.45, 2.75) is 40.0 Å². The van der Waals surface area contributed by atoms with Gasteiger partial charge in [0.15, 0.2) is 5.82 Å². The van der Waals surface area contributed by atoms with E-state index >= 15 is 0 Å². The van der Waals surface area contributed by atoms with Crippen LogP contribution in [0.25, 0.3) is 10.9 Å². The predicted octanol–water partition coefficient (Wildman–Crippen LogP) is 3.57. The second-order valence-corrected chi connectivity index (χ2v) is 8.17. The van der Waals surface area contributed by atoms with Crippen molar-refractivity contribution in [2.75, 3.05) is 0 Å². The zero-order valence-electron chi connectivity index (χ0n) is 18.5. The highest BCUT2D eigenvalue weighted by molar-refractivity contribution is 5.85. The Morgan fingerprint density at radius 2 is 1.73 bits per heavy atom. The average molecular weight is 444 g/mol. The van der Waals surface area contributed by atoms with Crippen LogP contribution in [0.1, 0.15) is 34.0 Å². The van der Waals surface area contributed by atoms with Gasteiger partial charge >= 0.3 is 0 Å². The summed E-state index contributed by atoms with van der Waals surface area (Å²) in [5.74, 6) is 2.23. The lowest BCUT2D eigenvalue weighted by atomic mass is 10.0. The van der Waals surface area contributed by atoms with Crippen molar-refractivity contribution in [3.63, 3.8) is 0 Å². The Labute approximate surface area is 189 Å². The Morgan fingerprint density at radius 3 is 2.48 bits per heavy atom. The minimum atomic E-state index is -0.101. The van der Waals surface area contributed by atoms with Gasteiger partial charge in [0.25, 0.3) is 5.56 Å². The number of hydrogen-bond donors (Lipinski definition) is 1. The van der Waals surface area contributed by atoms with Gasteiger partial charge in [-0.2, -0.15) is 0 Å². The molecular weight excluding hydrogens is 420 g/mol. The number of aromatic nitrogens is 5. The molecule has 1 aromatic carbocycles. The van der Waals surface area contributed by atoms with Gasteiger partial charge in [-0.05, 0) is 65.7 Å². The summed E-state index contributed by atoms with van der Waals surface area (Å²) in [6.45, 7) is 5.82. The number of aromatic amines is 1. The predicted molar refractivity (Wildman–Crippen MR) is 121 cm³/mol. The van der Waals surface area contributed by atoms with Crippen LogP contribution in [-0.4, -0.2) is 30.1 Å². The van der Waals surface area contributed by atoms with E-state index in [1.165, 1.54) is 0 Å². The Morgan fingerprint density at radius 1 is 0.970 bits per heavy atom. The third-order valence-electron chi connectivity index (χ3n) is 5.73. The van der Waals surface area contributed by atoms with E-state index in [0.717, 1.165) is 33.6 Å². The van der Waals surface area contributed by atoms with E-state index in [1.807, 2.05) is 50.2 Å². The molecule has 9 nitrogen and oxygen atoms in total. The molecule has 0 bridgehead atoms. The van der Waals surface area contributed by atoms with Gasteiger partial charge in [-0.25, -0.2) is 4.68 Å². The van der Waals surface area contributed by atoms with Gasteiger partial charge in [-0.1, -0.05) is 12.1 Å². The molecule has 0 aliphatic heterocycles. The summed E-state index contributed by atoms with van der Waals surface area (Å²) in [5.41, 5.74) is 3.62. The van der Waals surface area contributed by atoms with Crippen LogP contribution in [0.2, 0.25) is 0 Å². The Balaban J connectivity index is 1.46. The highest BCUT2D eigenvalue weighted by atomic mass is 16.3. The number of H-pyrrole nitrogens is 1. The average Bonchev–Trinajstić information content (AvgIpc) is 3.57. The fourth-order valence-corrected chi connectivity index (χ4v) is 3.98. The quantitative estimate of drug-likeness (QED) is 0.390. The number of furan rings is 2. The van der Waals surface area contributed by atoms with Gasteiger partial charge in [0.2, 0.25) is 0 Å². The van der Waals surface area contributed by atoms with Crippen LogP contribution in [0.15, 0.2) is 68.6 Å². The molecule has 0 radical (unpaired) electrons. The lowest BCUT2D eigenvalue weighted by Crippen LogP contribution is -2.28. The van der Waals surface area contributed by atoms with E-state index in [2.05, 4.69) is 31.5 Å². The van der Waals surface area contributed by atoms with Crippen LogP contribution < -0.4 is 5.56 Å². The molecule has 33 heavy (non-hydrogen) atoms. The van der Waals surface area contributed by atoms with E-state index in [0.29, 0.717) is 37.6 Å². The van der Waals surface area contributed by atoms with Crippen molar-refractivity contribution in [3.8, 4) is 0 Å². The molecule has 0 unspecified atom stereocenters. The van der Waals surface area contributed by atoms with Crippen molar-refractivity contribution in [3.05, 3.63) is 99.4 Å². The molecule has 1 N–H and O–H groups in total. The summed E-state index contributed by atoms with van der Waals surface area (Å²) in [4.78, 5) is 18.1. The summed E-state index contributed by atoms with van der Waals surface area (Å²) < 4.78 is 12.7.